The Hall–Kier alpha value is -0.960. The predicted octanol–water partition coefficient (Wildman–Crippen LogP) is 10.5. The Bertz CT molecular complexity index is 1180. The molecule has 8 unspecified atom stereocenters. The van der Waals surface area contributed by atoms with E-state index in [0.29, 0.717) is 12.8 Å². The summed E-state index contributed by atoms with van der Waals surface area (Å²) in [5.41, 5.74) is 0. The zero-order valence-electron chi connectivity index (χ0n) is 41.9. The molecule has 66 heavy (non-hydrogen) atoms. The van der Waals surface area contributed by atoms with Gasteiger partial charge in [-0.3, -0.25) is 13.8 Å². The minimum absolute atomic E-state index is 0.239. The molecule has 0 saturated heterocycles. The first-order valence-corrected chi connectivity index (χ1v) is 28.7. The van der Waals surface area contributed by atoms with Crippen LogP contribution in [-0.4, -0.2) is 108 Å². The van der Waals surface area contributed by atoms with E-state index in [1.807, 2.05) is 0 Å². The van der Waals surface area contributed by atoms with Crippen molar-refractivity contribution < 1.29 is 59.0 Å². The van der Waals surface area contributed by atoms with Crippen LogP contribution >= 0.6 is 7.82 Å². The van der Waals surface area contributed by atoms with E-state index in [-0.39, 0.29) is 6.42 Å². The van der Waals surface area contributed by atoms with Gasteiger partial charge in [-0.15, -0.1) is 0 Å². The number of phosphoric ester groups is 1. The summed E-state index contributed by atoms with van der Waals surface area (Å²) < 4.78 is 23.0. The van der Waals surface area contributed by atoms with E-state index in [4.69, 9.17) is 9.05 Å². The molecule has 13 nitrogen and oxygen atoms in total. The van der Waals surface area contributed by atoms with Crippen LogP contribution in [0.2, 0.25) is 0 Å². The lowest BCUT2D eigenvalue weighted by molar-refractivity contribution is -0.220. The molecule has 1 fully saturated rings. The van der Waals surface area contributed by atoms with Crippen LogP contribution in [0.15, 0.2) is 12.2 Å². The Morgan fingerprint density at radius 2 is 0.864 bits per heavy atom. The number of aliphatic hydroxyl groups is 7. The molecule has 14 heteroatoms. The highest BCUT2D eigenvalue weighted by Crippen LogP contribution is 2.47. The van der Waals surface area contributed by atoms with Gasteiger partial charge in [0.05, 0.1) is 31.3 Å². The molecule has 1 aliphatic rings. The normalized spacial score (nSPS) is 22.4. The zero-order valence-corrected chi connectivity index (χ0v) is 42.8. The Morgan fingerprint density at radius 1 is 0.530 bits per heavy atom. The van der Waals surface area contributed by atoms with E-state index in [1.54, 1.807) is 6.08 Å². The minimum atomic E-state index is -5.14. The molecule has 392 valence electrons. The molecular formula is C52H102NO12P. The first kappa shape index (κ1) is 63.1. The van der Waals surface area contributed by atoms with Gasteiger partial charge in [-0.2, -0.15) is 0 Å². The average Bonchev–Trinajstić information content (AvgIpc) is 3.29. The molecule has 0 bridgehead atoms. The Labute approximate surface area is 401 Å². The number of unbranched alkanes of at least 4 members (excludes halogenated alkanes) is 33. The van der Waals surface area contributed by atoms with E-state index < -0.39 is 75.2 Å². The number of hydrogen-bond donors (Lipinski definition) is 9. The maximum absolute atomic E-state index is 13.1. The van der Waals surface area contributed by atoms with Gasteiger partial charge in [-0.25, -0.2) is 4.57 Å². The lowest BCUT2D eigenvalue weighted by Gasteiger charge is -2.41. The van der Waals surface area contributed by atoms with Crippen molar-refractivity contribution in [2.75, 3.05) is 6.61 Å². The molecule has 0 aromatic rings. The second kappa shape index (κ2) is 41.8. The van der Waals surface area contributed by atoms with Crippen LogP contribution in [-0.2, 0) is 18.4 Å². The Balaban J connectivity index is 2.43. The van der Waals surface area contributed by atoms with Gasteiger partial charge in [0.25, 0.3) is 0 Å². The van der Waals surface area contributed by atoms with E-state index in [9.17, 15) is 50.0 Å². The SMILES string of the molecule is CCCCCCCCCCCCCCCC/C=C/C(O)C(COP(=O)(O)OC1C(O)C(O)C(O)C(O)C1O)NC(=O)CC(O)CCCCCCCCCCCCCCCCCCCCCC. The number of carbonyl (C=O) groups excluding carboxylic acids is 1. The Kier molecular flexibility index (Phi) is 39.9. The van der Waals surface area contributed by atoms with Crippen LogP contribution in [0.5, 0.6) is 0 Å². The number of rotatable bonds is 46. The van der Waals surface area contributed by atoms with Crippen molar-refractivity contribution in [2.24, 2.45) is 0 Å². The van der Waals surface area contributed by atoms with E-state index in [0.717, 1.165) is 44.9 Å². The summed E-state index contributed by atoms with van der Waals surface area (Å²) >= 11 is 0. The van der Waals surface area contributed by atoms with Crippen molar-refractivity contribution in [3.05, 3.63) is 12.2 Å². The van der Waals surface area contributed by atoms with Crippen molar-refractivity contribution in [3.8, 4) is 0 Å². The van der Waals surface area contributed by atoms with Crippen molar-refractivity contribution in [2.45, 2.75) is 306 Å². The molecule has 0 heterocycles. The second-order valence-corrected chi connectivity index (χ2v) is 21.0. The lowest BCUT2D eigenvalue weighted by atomic mass is 9.85. The fraction of sp³-hybridized carbons (Fsp3) is 0.942. The van der Waals surface area contributed by atoms with Gasteiger partial charge < -0.3 is 46.0 Å². The molecule has 1 saturated carbocycles. The maximum Gasteiger partial charge on any atom is 0.472 e. The van der Waals surface area contributed by atoms with Crippen molar-refractivity contribution in [1.82, 2.24) is 5.32 Å². The number of amides is 1. The van der Waals surface area contributed by atoms with E-state index in [1.165, 1.54) is 179 Å². The molecule has 1 amide bonds. The summed E-state index contributed by atoms with van der Waals surface area (Å²) in [6.45, 7) is 3.78. The molecular weight excluding hydrogens is 862 g/mol. The van der Waals surface area contributed by atoms with Gasteiger partial charge in [0.1, 0.15) is 36.6 Å². The highest BCUT2D eigenvalue weighted by molar-refractivity contribution is 7.47. The highest BCUT2D eigenvalue weighted by Gasteiger charge is 2.51. The van der Waals surface area contributed by atoms with Crippen LogP contribution in [0.3, 0.4) is 0 Å². The van der Waals surface area contributed by atoms with Crippen LogP contribution in [0, 0.1) is 0 Å². The highest BCUT2D eigenvalue weighted by atomic mass is 31.2. The molecule has 0 aliphatic heterocycles. The molecule has 8 atom stereocenters. The van der Waals surface area contributed by atoms with Gasteiger partial charge in [0, 0.05) is 0 Å². The summed E-state index contributed by atoms with van der Waals surface area (Å²) in [6, 6.07) is -1.24. The minimum Gasteiger partial charge on any atom is -0.393 e. The number of carbonyl (C=O) groups is 1. The largest absolute Gasteiger partial charge is 0.472 e. The second-order valence-electron chi connectivity index (χ2n) is 19.6. The third kappa shape index (κ3) is 32.8. The first-order valence-electron chi connectivity index (χ1n) is 27.2. The fourth-order valence-electron chi connectivity index (χ4n) is 8.95. The summed E-state index contributed by atoms with van der Waals surface area (Å²) in [5.74, 6) is -0.587. The molecule has 0 spiro atoms. The number of nitrogens with one attached hydrogen (secondary N) is 1. The number of hydrogen-bond acceptors (Lipinski definition) is 11. The fourth-order valence-corrected chi connectivity index (χ4v) is 9.92. The summed E-state index contributed by atoms with van der Waals surface area (Å²) in [7, 11) is -5.14. The molecule has 1 rings (SSSR count). The molecule has 9 N–H and O–H groups in total. The zero-order chi connectivity index (χ0) is 48.7. The van der Waals surface area contributed by atoms with Gasteiger partial charge in [0.2, 0.25) is 5.91 Å². The third-order valence-electron chi connectivity index (χ3n) is 13.4. The first-order chi connectivity index (χ1) is 31.8. The van der Waals surface area contributed by atoms with Crippen LogP contribution in [0.4, 0.5) is 0 Å². The number of phosphoric acid groups is 1. The van der Waals surface area contributed by atoms with E-state index >= 15 is 0 Å². The van der Waals surface area contributed by atoms with Gasteiger partial charge in [-0.05, 0) is 19.3 Å². The summed E-state index contributed by atoms with van der Waals surface area (Å²) in [5, 5.41) is 74.7. The molecule has 0 aromatic carbocycles. The third-order valence-corrected chi connectivity index (χ3v) is 14.4. The van der Waals surface area contributed by atoms with Gasteiger partial charge >= 0.3 is 7.82 Å². The van der Waals surface area contributed by atoms with Crippen molar-refractivity contribution >= 4 is 13.7 Å². The Morgan fingerprint density at radius 3 is 1.24 bits per heavy atom. The lowest BCUT2D eigenvalue weighted by Crippen LogP contribution is -2.64. The average molecular weight is 964 g/mol. The summed E-state index contributed by atoms with van der Waals surface area (Å²) in [6.07, 6.45) is 32.9. The van der Waals surface area contributed by atoms with Gasteiger partial charge in [0.15, 0.2) is 0 Å². The molecule has 0 radical (unpaired) electrons. The van der Waals surface area contributed by atoms with E-state index in [2.05, 4.69) is 19.2 Å². The monoisotopic (exact) mass is 964 g/mol. The molecule has 1 aliphatic carbocycles. The summed E-state index contributed by atoms with van der Waals surface area (Å²) in [4.78, 5) is 23.5. The number of allylic oxidation sites excluding steroid dienone is 1. The van der Waals surface area contributed by atoms with Crippen LogP contribution in [0.1, 0.15) is 251 Å². The van der Waals surface area contributed by atoms with Crippen LogP contribution < -0.4 is 5.32 Å². The van der Waals surface area contributed by atoms with Crippen molar-refractivity contribution in [1.29, 1.82) is 0 Å². The quantitative estimate of drug-likeness (QED) is 0.0158. The smallest absolute Gasteiger partial charge is 0.393 e. The van der Waals surface area contributed by atoms with Crippen molar-refractivity contribution in [3.63, 3.8) is 0 Å². The topological polar surface area (TPSA) is 226 Å². The number of aliphatic hydroxyl groups excluding tert-OH is 7. The standard InChI is InChI=1S/C52H102NO12P/c1-3-5-7-9-11-13-15-17-19-21-22-23-24-25-27-29-31-33-35-37-39-43(54)41-46(56)53-44(42-64-66(62,63)65-52-50(60)48(58)47(57)49(59)51(52)61)45(55)40-38-36-34-32-30-28-26-20-18-16-14-12-10-8-6-4-2/h38,40,43-45,47-52,54-55,57-61H,3-37,39,41-42H2,1-2H3,(H,53,56)(H,62,63)/b40-38+. The predicted molar refractivity (Wildman–Crippen MR) is 266 cm³/mol. The van der Waals surface area contributed by atoms with Crippen LogP contribution in [0.25, 0.3) is 0 Å². The maximum atomic E-state index is 13.1. The van der Waals surface area contributed by atoms with Gasteiger partial charge in [-0.1, -0.05) is 238 Å². The molecule has 0 aromatic heterocycles.